The number of rotatable bonds is 8. The molecule has 0 aliphatic heterocycles. The Morgan fingerprint density at radius 3 is 2.57 bits per heavy atom. The molecule has 3 aromatic carbocycles. The zero-order chi connectivity index (χ0) is 25.8. The number of methoxy groups -OCH3 is 2. The SMILES string of the molecule is COc1ccc(-c2nc3ccc(C(=O)OCC(=O)Nc4nc(-c5ccccc5OC)cs4)cc3[nH]2)cc1. The molecule has 0 saturated heterocycles. The van der Waals surface area contributed by atoms with E-state index in [-0.39, 0.29) is 0 Å². The molecule has 5 aromatic rings. The third-order valence-corrected chi connectivity index (χ3v) is 6.31. The molecule has 0 fully saturated rings. The number of benzene rings is 3. The van der Waals surface area contributed by atoms with Gasteiger partial charge >= 0.3 is 5.97 Å². The number of nitrogens with zero attached hydrogens (tertiary/aromatic N) is 2. The molecule has 0 spiro atoms. The summed E-state index contributed by atoms with van der Waals surface area (Å²) in [6, 6.07) is 20.0. The van der Waals surface area contributed by atoms with E-state index < -0.39 is 18.5 Å². The second kappa shape index (κ2) is 10.5. The van der Waals surface area contributed by atoms with Crippen LogP contribution in [0.4, 0.5) is 5.13 Å². The van der Waals surface area contributed by atoms with Gasteiger partial charge in [-0.05, 0) is 54.6 Å². The fraction of sp³-hybridized carbons (Fsp3) is 0.111. The van der Waals surface area contributed by atoms with Crippen LogP contribution in [-0.2, 0) is 9.53 Å². The lowest BCUT2D eigenvalue weighted by atomic mass is 10.1. The number of ether oxygens (including phenoxy) is 3. The first-order valence-corrected chi connectivity index (χ1v) is 12.1. The summed E-state index contributed by atoms with van der Waals surface area (Å²) in [7, 11) is 3.20. The van der Waals surface area contributed by atoms with Gasteiger partial charge in [0.15, 0.2) is 11.7 Å². The van der Waals surface area contributed by atoms with Crippen LogP contribution in [0.5, 0.6) is 11.5 Å². The molecule has 186 valence electrons. The number of aromatic nitrogens is 3. The van der Waals surface area contributed by atoms with E-state index in [4.69, 9.17) is 14.2 Å². The number of hydrogen-bond donors (Lipinski definition) is 2. The Labute approximate surface area is 216 Å². The van der Waals surface area contributed by atoms with E-state index in [1.165, 1.54) is 11.3 Å². The van der Waals surface area contributed by atoms with E-state index in [1.54, 1.807) is 32.4 Å². The van der Waals surface area contributed by atoms with Crippen LogP contribution >= 0.6 is 11.3 Å². The van der Waals surface area contributed by atoms with Crippen molar-refractivity contribution in [3.8, 4) is 34.1 Å². The first-order chi connectivity index (χ1) is 18.0. The van der Waals surface area contributed by atoms with Crippen LogP contribution in [0.15, 0.2) is 72.1 Å². The van der Waals surface area contributed by atoms with Crippen LogP contribution in [0.3, 0.4) is 0 Å². The molecule has 2 N–H and O–H groups in total. The van der Waals surface area contributed by atoms with Crippen LogP contribution < -0.4 is 14.8 Å². The van der Waals surface area contributed by atoms with Crippen LogP contribution in [-0.4, -0.2) is 47.7 Å². The number of carbonyl (C=O) groups is 2. The van der Waals surface area contributed by atoms with Crippen molar-refractivity contribution >= 4 is 39.4 Å². The zero-order valence-corrected chi connectivity index (χ0v) is 20.8. The standard InChI is InChI=1S/C27H22N4O5S/c1-34-18-10-7-16(8-11-18)25-28-20-12-9-17(13-21(20)29-25)26(33)36-14-24(32)31-27-30-22(15-37-27)19-5-3-4-6-23(19)35-2/h3-13,15H,14H2,1-2H3,(H,28,29)(H,30,31,32). The van der Waals surface area contributed by atoms with Gasteiger partial charge in [-0.25, -0.2) is 14.8 Å². The van der Waals surface area contributed by atoms with Gasteiger partial charge in [0.25, 0.3) is 5.91 Å². The van der Waals surface area contributed by atoms with E-state index in [9.17, 15) is 9.59 Å². The minimum atomic E-state index is -0.619. The van der Waals surface area contributed by atoms with Crippen molar-refractivity contribution in [2.75, 3.05) is 26.1 Å². The van der Waals surface area contributed by atoms with Crippen LogP contribution in [0, 0.1) is 0 Å². The van der Waals surface area contributed by atoms with Crippen molar-refractivity contribution in [1.82, 2.24) is 15.0 Å². The summed E-state index contributed by atoms with van der Waals surface area (Å²) in [5.41, 5.74) is 4.06. The maximum absolute atomic E-state index is 12.6. The predicted molar refractivity (Wildman–Crippen MR) is 141 cm³/mol. The third-order valence-electron chi connectivity index (χ3n) is 5.55. The quantitative estimate of drug-likeness (QED) is 0.275. The lowest BCUT2D eigenvalue weighted by molar-refractivity contribution is -0.119. The van der Waals surface area contributed by atoms with E-state index in [0.29, 0.717) is 39.0 Å². The van der Waals surface area contributed by atoms with Gasteiger partial charge in [0.1, 0.15) is 17.3 Å². The average Bonchev–Trinajstić information content (AvgIpc) is 3.58. The molecule has 0 bridgehead atoms. The van der Waals surface area contributed by atoms with Crippen molar-refractivity contribution in [1.29, 1.82) is 0 Å². The Balaban J connectivity index is 1.21. The Bertz CT molecular complexity index is 1580. The maximum Gasteiger partial charge on any atom is 0.338 e. The summed E-state index contributed by atoms with van der Waals surface area (Å²) in [6.07, 6.45) is 0. The molecule has 0 radical (unpaired) electrons. The molecule has 2 aromatic heterocycles. The fourth-order valence-corrected chi connectivity index (χ4v) is 4.43. The highest BCUT2D eigenvalue weighted by Crippen LogP contribution is 2.32. The van der Waals surface area contributed by atoms with E-state index in [2.05, 4.69) is 20.3 Å². The average molecular weight is 515 g/mol. The number of hydrogen-bond acceptors (Lipinski definition) is 8. The van der Waals surface area contributed by atoms with Crippen LogP contribution in [0.25, 0.3) is 33.7 Å². The van der Waals surface area contributed by atoms with Crippen molar-refractivity contribution in [3.05, 3.63) is 77.7 Å². The molecule has 9 nitrogen and oxygen atoms in total. The van der Waals surface area contributed by atoms with E-state index in [1.807, 2.05) is 53.9 Å². The van der Waals surface area contributed by atoms with Gasteiger partial charge in [-0.1, -0.05) is 12.1 Å². The maximum atomic E-state index is 12.6. The number of esters is 1. The monoisotopic (exact) mass is 514 g/mol. The number of anilines is 1. The largest absolute Gasteiger partial charge is 0.497 e. The highest BCUT2D eigenvalue weighted by atomic mass is 32.1. The van der Waals surface area contributed by atoms with E-state index in [0.717, 1.165) is 16.9 Å². The second-order valence-corrected chi connectivity index (χ2v) is 8.77. The molecule has 10 heteroatoms. The summed E-state index contributed by atoms with van der Waals surface area (Å²) >= 11 is 1.27. The van der Waals surface area contributed by atoms with Crippen molar-refractivity contribution in [2.45, 2.75) is 0 Å². The summed E-state index contributed by atoms with van der Waals surface area (Å²) < 4.78 is 15.8. The van der Waals surface area contributed by atoms with Gasteiger partial charge in [-0.3, -0.25) is 10.1 Å². The van der Waals surface area contributed by atoms with Gasteiger partial charge < -0.3 is 19.2 Å². The minimum Gasteiger partial charge on any atom is -0.497 e. The highest BCUT2D eigenvalue weighted by Gasteiger charge is 2.15. The van der Waals surface area contributed by atoms with Gasteiger partial charge in [0.2, 0.25) is 0 Å². The number of H-pyrrole nitrogens is 1. The van der Waals surface area contributed by atoms with Crippen LogP contribution in [0.2, 0.25) is 0 Å². The number of thiazole rings is 1. The van der Waals surface area contributed by atoms with Gasteiger partial charge in [0.05, 0.1) is 36.5 Å². The fourth-order valence-electron chi connectivity index (χ4n) is 3.70. The topological polar surface area (TPSA) is 115 Å². The molecule has 0 unspecified atom stereocenters. The minimum absolute atomic E-state index is 0.304. The number of fused-ring (bicyclic) bond motifs is 1. The summed E-state index contributed by atoms with van der Waals surface area (Å²) in [5, 5.41) is 4.87. The molecular formula is C27H22N4O5S. The number of carbonyl (C=O) groups excluding carboxylic acids is 2. The summed E-state index contributed by atoms with van der Waals surface area (Å²) in [4.78, 5) is 37.2. The molecule has 0 atom stereocenters. The normalized spacial score (nSPS) is 10.8. The molecular weight excluding hydrogens is 492 g/mol. The number of imidazole rings is 1. The van der Waals surface area contributed by atoms with Gasteiger partial charge in [-0.2, -0.15) is 0 Å². The Morgan fingerprint density at radius 2 is 1.78 bits per heavy atom. The lowest BCUT2D eigenvalue weighted by Crippen LogP contribution is -2.20. The number of amides is 1. The van der Waals surface area contributed by atoms with Crippen molar-refractivity contribution in [2.24, 2.45) is 0 Å². The molecule has 1 amide bonds. The van der Waals surface area contributed by atoms with Crippen molar-refractivity contribution < 1.29 is 23.8 Å². The lowest BCUT2D eigenvalue weighted by Gasteiger charge is -2.06. The van der Waals surface area contributed by atoms with Gasteiger partial charge in [-0.15, -0.1) is 11.3 Å². The molecule has 0 saturated carbocycles. The molecule has 37 heavy (non-hydrogen) atoms. The molecule has 5 rings (SSSR count). The number of para-hydroxylation sites is 1. The summed E-state index contributed by atoms with van der Waals surface area (Å²) in [5.74, 6) is 0.995. The smallest absolute Gasteiger partial charge is 0.338 e. The predicted octanol–water partition coefficient (Wildman–Crippen LogP) is 5.17. The Kier molecular flexibility index (Phi) is 6.82. The van der Waals surface area contributed by atoms with Gasteiger partial charge in [0, 0.05) is 16.5 Å². The highest BCUT2D eigenvalue weighted by molar-refractivity contribution is 7.14. The second-order valence-electron chi connectivity index (χ2n) is 7.91. The molecule has 0 aliphatic rings. The number of aromatic amines is 1. The molecule has 0 aliphatic carbocycles. The Morgan fingerprint density at radius 1 is 0.973 bits per heavy atom. The van der Waals surface area contributed by atoms with Crippen molar-refractivity contribution in [3.63, 3.8) is 0 Å². The number of nitrogens with one attached hydrogen (secondary N) is 2. The zero-order valence-electron chi connectivity index (χ0n) is 20.0. The molecule has 2 heterocycles. The first-order valence-electron chi connectivity index (χ1n) is 11.2. The summed E-state index contributed by atoms with van der Waals surface area (Å²) in [6.45, 7) is -0.444. The Hall–Kier alpha value is -4.70. The third kappa shape index (κ3) is 5.29. The van der Waals surface area contributed by atoms with Crippen LogP contribution in [0.1, 0.15) is 10.4 Å². The van der Waals surface area contributed by atoms with E-state index >= 15 is 0 Å². The first kappa shape index (κ1) is 24.0.